The normalized spacial score (nSPS) is 10.7. The number of halogens is 3. The second kappa shape index (κ2) is 5.49. The Kier molecular flexibility index (Phi) is 4.55. The molecule has 8 heteroatoms. The molecule has 1 atom stereocenters. The Labute approximate surface area is 104 Å². The second-order valence-electron chi connectivity index (χ2n) is 2.68. The van der Waals surface area contributed by atoms with E-state index in [1.807, 2.05) is 22.0 Å². The van der Waals surface area contributed by atoms with E-state index in [1.165, 1.54) is 0 Å². The first kappa shape index (κ1) is 13.2. The minimum Gasteiger partial charge on any atom is -0.477 e. The summed E-state index contributed by atoms with van der Waals surface area (Å²) in [5.74, 6) is -4.05. The van der Waals surface area contributed by atoms with E-state index in [0.717, 1.165) is 12.3 Å². The van der Waals surface area contributed by atoms with Crippen molar-refractivity contribution in [2.45, 2.75) is 0 Å². The van der Waals surface area contributed by atoms with Gasteiger partial charge >= 0.3 is 5.97 Å². The molecule has 0 aliphatic rings. The van der Waals surface area contributed by atoms with Crippen molar-refractivity contribution in [1.82, 2.24) is 0 Å². The highest BCUT2D eigenvalue weighted by Gasteiger charge is 2.22. The fraction of sp³-hybridized carbons (Fsp3) is 0. The molecule has 0 saturated heterocycles. The molecular weight excluding hydrogens is 352 g/mol. The lowest BCUT2D eigenvalue weighted by Crippen LogP contribution is -2.08. The molecule has 0 bridgehead atoms. The molecule has 0 fully saturated rings. The van der Waals surface area contributed by atoms with Crippen LogP contribution in [0.5, 0.6) is 0 Å². The predicted octanol–water partition coefficient (Wildman–Crippen LogP) is 3.02. The van der Waals surface area contributed by atoms with Crippen LogP contribution in [0.4, 0.5) is 14.5 Å². The average Bonchev–Trinajstić information content (AvgIpc) is 2.21. The molecule has 1 rings (SSSR count). The van der Waals surface area contributed by atoms with Crippen LogP contribution in [0.1, 0.15) is 15.9 Å². The Morgan fingerprint density at radius 3 is 2.69 bits per heavy atom. The van der Waals surface area contributed by atoms with E-state index in [2.05, 4.69) is 5.09 Å². The lowest BCUT2D eigenvalue weighted by molar-refractivity contribution is 0.0686. The molecule has 0 aromatic heterocycles. The molecule has 1 aromatic rings. The van der Waals surface area contributed by atoms with Crippen LogP contribution in [-0.2, 0) is 0 Å². The van der Waals surface area contributed by atoms with Gasteiger partial charge in [-0.05, 0) is 28.1 Å². The number of nitrogens with one attached hydrogen (secondary N) is 2. The molecule has 0 spiro atoms. The number of carboxylic acid groups (broad SMARTS) is 1. The lowest BCUT2D eigenvalue weighted by atomic mass is 10.1. The zero-order chi connectivity index (χ0) is 12.3. The van der Waals surface area contributed by atoms with Crippen molar-refractivity contribution in [3.8, 4) is 0 Å². The van der Waals surface area contributed by atoms with Gasteiger partial charge in [0.15, 0.2) is 5.82 Å². The SMILES string of the molecule is N=Cc1cc(F)c(C(=O)O)c(F)c1NPI. The highest BCUT2D eigenvalue weighted by atomic mass is 127. The van der Waals surface area contributed by atoms with Crippen LogP contribution in [0.25, 0.3) is 0 Å². The molecule has 0 radical (unpaired) electrons. The minimum atomic E-state index is -1.67. The first-order valence-electron chi connectivity index (χ1n) is 3.90. The summed E-state index contributed by atoms with van der Waals surface area (Å²) in [6, 6.07) is 0.818. The van der Waals surface area contributed by atoms with Crippen molar-refractivity contribution in [1.29, 1.82) is 5.41 Å². The minimum absolute atomic E-state index is 0.0239. The van der Waals surface area contributed by atoms with Gasteiger partial charge in [0.1, 0.15) is 11.4 Å². The van der Waals surface area contributed by atoms with Gasteiger partial charge in [0.05, 0.1) is 5.69 Å². The van der Waals surface area contributed by atoms with Gasteiger partial charge < -0.3 is 15.6 Å². The molecule has 1 unspecified atom stereocenters. The summed E-state index contributed by atoms with van der Waals surface area (Å²) in [4.78, 5) is 10.6. The van der Waals surface area contributed by atoms with E-state index < -0.39 is 23.2 Å². The van der Waals surface area contributed by atoms with Gasteiger partial charge in [-0.2, -0.15) is 0 Å². The number of benzene rings is 1. The highest BCUT2D eigenvalue weighted by molar-refractivity contribution is 14.2. The molecule has 0 heterocycles. The second-order valence-corrected chi connectivity index (χ2v) is 4.74. The Balaban J connectivity index is 3.51. The van der Waals surface area contributed by atoms with Crippen molar-refractivity contribution in [2.75, 3.05) is 5.09 Å². The third kappa shape index (κ3) is 2.46. The molecule has 86 valence electrons. The zero-order valence-corrected chi connectivity index (χ0v) is 10.8. The van der Waals surface area contributed by atoms with Gasteiger partial charge in [0, 0.05) is 18.2 Å². The maximum absolute atomic E-state index is 13.6. The predicted molar refractivity (Wildman–Crippen MR) is 67.2 cm³/mol. The number of hydrogen-bond donors (Lipinski definition) is 3. The largest absolute Gasteiger partial charge is 0.477 e. The number of carbonyl (C=O) groups is 1. The fourth-order valence-corrected chi connectivity index (χ4v) is 2.28. The molecule has 0 saturated carbocycles. The molecule has 0 aliphatic heterocycles. The van der Waals surface area contributed by atoms with E-state index in [4.69, 9.17) is 10.5 Å². The van der Waals surface area contributed by atoms with E-state index in [-0.39, 0.29) is 17.6 Å². The molecule has 0 amide bonds. The summed E-state index contributed by atoms with van der Waals surface area (Å²) in [5, 5.41) is 18.2. The van der Waals surface area contributed by atoms with Crippen LogP contribution in [0.3, 0.4) is 0 Å². The van der Waals surface area contributed by atoms with Crippen molar-refractivity contribution in [2.24, 2.45) is 0 Å². The van der Waals surface area contributed by atoms with Crippen LogP contribution in [0.15, 0.2) is 6.07 Å². The number of anilines is 1. The van der Waals surface area contributed by atoms with E-state index in [0.29, 0.717) is 0 Å². The van der Waals surface area contributed by atoms with Gasteiger partial charge in [-0.25, -0.2) is 13.6 Å². The Morgan fingerprint density at radius 1 is 1.62 bits per heavy atom. The van der Waals surface area contributed by atoms with E-state index >= 15 is 0 Å². The van der Waals surface area contributed by atoms with Crippen molar-refractivity contribution in [3.05, 3.63) is 28.8 Å². The smallest absolute Gasteiger partial charge is 0.341 e. The van der Waals surface area contributed by atoms with Gasteiger partial charge in [-0.15, -0.1) is 0 Å². The average molecular weight is 358 g/mol. The zero-order valence-electron chi connectivity index (χ0n) is 7.64. The van der Waals surface area contributed by atoms with Crippen molar-refractivity contribution < 1.29 is 18.7 Å². The van der Waals surface area contributed by atoms with Crippen molar-refractivity contribution in [3.63, 3.8) is 0 Å². The van der Waals surface area contributed by atoms with Crippen LogP contribution >= 0.6 is 28.4 Å². The summed E-state index contributed by atoms with van der Waals surface area (Å²) in [7, 11) is 0. The van der Waals surface area contributed by atoms with Gasteiger partial charge in [-0.3, -0.25) is 0 Å². The maximum Gasteiger partial charge on any atom is 0.341 e. The van der Waals surface area contributed by atoms with Crippen LogP contribution in [0, 0.1) is 17.0 Å². The first-order chi connectivity index (χ1) is 7.52. The summed E-state index contributed by atoms with van der Waals surface area (Å²) in [6.45, 7) is 0. The fourth-order valence-electron chi connectivity index (χ4n) is 1.12. The third-order valence-electron chi connectivity index (χ3n) is 1.79. The molecule has 0 aliphatic carbocycles. The first-order valence-corrected chi connectivity index (χ1v) is 8.01. The summed E-state index contributed by atoms with van der Waals surface area (Å²) in [6.07, 6.45) is 0.840. The molecule has 3 N–H and O–H groups in total. The van der Waals surface area contributed by atoms with Crippen LogP contribution in [0.2, 0.25) is 0 Å². The number of rotatable bonds is 4. The lowest BCUT2D eigenvalue weighted by Gasteiger charge is -2.10. The standard InChI is InChI=1S/C8H6F2IN2O2P/c9-4-1-3(2-12)7(13-16-11)6(10)5(4)8(14)15/h1-2,12-13,16H,(H,14,15). The third-order valence-corrected chi connectivity index (χ3v) is 2.94. The number of aromatic carboxylic acids is 1. The molecular formula is C8H6F2IN2O2P. The van der Waals surface area contributed by atoms with Crippen LogP contribution < -0.4 is 5.09 Å². The van der Waals surface area contributed by atoms with E-state index in [1.54, 1.807) is 0 Å². The monoisotopic (exact) mass is 358 g/mol. The van der Waals surface area contributed by atoms with E-state index in [9.17, 15) is 13.6 Å². The molecule has 16 heavy (non-hydrogen) atoms. The summed E-state index contributed by atoms with van der Waals surface area (Å²) < 4.78 is 26.9. The molecule has 4 nitrogen and oxygen atoms in total. The quantitative estimate of drug-likeness (QED) is 0.440. The summed E-state index contributed by atoms with van der Waals surface area (Å²) >= 11 is 1.91. The highest BCUT2D eigenvalue weighted by Crippen LogP contribution is 2.31. The van der Waals surface area contributed by atoms with Gasteiger partial charge in [-0.1, -0.05) is 0 Å². The molecule has 1 aromatic carbocycles. The Morgan fingerprint density at radius 2 is 2.25 bits per heavy atom. The Hall–Kier alpha value is -0.820. The van der Waals surface area contributed by atoms with Gasteiger partial charge in [0.25, 0.3) is 0 Å². The topological polar surface area (TPSA) is 73.2 Å². The Bertz CT molecular complexity index is 456. The maximum atomic E-state index is 13.6. The van der Waals surface area contributed by atoms with Crippen molar-refractivity contribution >= 4 is 46.3 Å². The number of carboxylic acids is 1. The summed E-state index contributed by atoms with van der Waals surface area (Å²) in [5.41, 5.74) is -1.20. The number of hydrogen-bond acceptors (Lipinski definition) is 3. The van der Waals surface area contributed by atoms with Gasteiger partial charge in [0.2, 0.25) is 0 Å². The van der Waals surface area contributed by atoms with Crippen LogP contribution in [-0.4, -0.2) is 17.3 Å².